The minimum atomic E-state index is -0.595. The first-order chi connectivity index (χ1) is 16.1. The number of para-hydroxylation sites is 3. The molecule has 1 N–H and O–H groups in total. The number of rotatable bonds is 9. The second kappa shape index (κ2) is 10.7. The highest BCUT2D eigenvalue weighted by Gasteiger charge is 2.16. The lowest BCUT2D eigenvalue weighted by Crippen LogP contribution is -2.08. The summed E-state index contributed by atoms with van der Waals surface area (Å²) in [6.45, 7) is 0.687. The number of fused-ring (bicyclic) bond motifs is 1. The van der Waals surface area contributed by atoms with E-state index in [1.807, 2.05) is 54.6 Å². The molecule has 0 unspecified atom stereocenters. The standard InChI is InChI=1S/C25H22ClN3O4/c26-20-12-5-7-14-22(20)33-17-23(30)27-28-24-19-11-4-6-13-21(19)29(25(24)31)15-8-16-32-18-9-2-1-3-10-18/h1-7,9-14,31H,8,15-17H2. The third-order valence-electron chi connectivity index (χ3n) is 4.90. The van der Waals surface area contributed by atoms with Crippen LogP contribution in [0, 0.1) is 0 Å². The molecule has 3 aromatic carbocycles. The summed E-state index contributed by atoms with van der Waals surface area (Å²) in [4.78, 5) is 12.2. The van der Waals surface area contributed by atoms with Crippen LogP contribution in [0.4, 0.5) is 5.69 Å². The zero-order valence-corrected chi connectivity index (χ0v) is 18.5. The maximum atomic E-state index is 12.2. The van der Waals surface area contributed by atoms with Crippen LogP contribution in [0.15, 0.2) is 89.1 Å². The van der Waals surface area contributed by atoms with E-state index in [0.717, 1.165) is 11.3 Å². The molecule has 0 bridgehead atoms. The Bertz CT molecular complexity index is 1270. The summed E-state index contributed by atoms with van der Waals surface area (Å²) in [5, 5.41) is 19.6. The largest absolute Gasteiger partial charge is 0.494 e. The summed E-state index contributed by atoms with van der Waals surface area (Å²) in [6, 6.07) is 23.8. The lowest BCUT2D eigenvalue weighted by atomic mass is 10.2. The van der Waals surface area contributed by atoms with Crippen molar-refractivity contribution in [2.45, 2.75) is 13.0 Å². The Morgan fingerprint density at radius 1 is 0.939 bits per heavy atom. The molecular weight excluding hydrogens is 442 g/mol. The van der Waals surface area contributed by atoms with E-state index < -0.39 is 5.91 Å². The Morgan fingerprint density at radius 3 is 2.48 bits per heavy atom. The maximum absolute atomic E-state index is 12.2. The highest BCUT2D eigenvalue weighted by atomic mass is 35.5. The summed E-state index contributed by atoms with van der Waals surface area (Å²) >= 11 is 6.02. The van der Waals surface area contributed by atoms with Gasteiger partial charge in [0.25, 0.3) is 0 Å². The van der Waals surface area contributed by atoms with Gasteiger partial charge in [0.1, 0.15) is 11.5 Å². The topological polar surface area (TPSA) is 85.4 Å². The van der Waals surface area contributed by atoms with Crippen molar-refractivity contribution in [1.82, 2.24) is 4.57 Å². The maximum Gasteiger partial charge on any atom is 0.302 e. The number of aromatic nitrogens is 1. The summed E-state index contributed by atoms with van der Waals surface area (Å²) in [5.41, 5.74) is 1.03. The van der Waals surface area contributed by atoms with Crippen LogP contribution in [0.5, 0.6) is 17.4 Å². The van der Waals surface area contributed by atoms with E-state index in [4.69, 9.17) is 21.1 Å². The van der Waals surface area contributed by atoms with Crippen molar-refractivity contribution in [1.29, 1.82) is 0 Å². The van der Waals surface area contributed by atoms with Crippen LogP contribution in [0.2, 0.25) is 5.02 Å². The van der Waals surface area contributed by atoms with E-state index in [-0.39, 0.29) is 18.2 Å². The number of azo groups is 1. The molecule has 0 aliphatic carbocycles. The fourth-order valence-corrected chi connectivity index (χ4v) is 3.55. The molecule has 1 aromatic heterocycles. The van der Waals surface area contributed by atoms with Gasteiger partial charge >= 0.3 is 5.91 Å². The minimum absolute atomic E-state index is 0.0560. The Hall–Kier alpha value is -3.84. The van der Waals surface area contributed by atoms with Gasteiger partial charge in [-0.1, -0.05) is 60.1 Å². The van der Waals surface area contributed by atoms with Crippen molar-refractivity contribution < 1.29 is 19.4 Å². The van der Waals surface area contributed by atoms with E-state index in [9.17, 15) is 9.90 Å². The molecule has 0 fully saturated rings. The van der Waals surface area contributed by atoms with Crippen LogP contribution in [0.25, 0.3) is 10.9 Å². The number of carbonyl (C=O) groups is 1. The molecule has 4 rings (SSSR count). The SMILES string of the molecule is O=C(COc1ccccc1Cl)N=Nc1c(O)n(CCCOc2ccccc2)c2ccccc12. The number of hydrogen-bond donors (Lipinski definition) is 1. The molecule has 1 heterocycles. The lowest BCUT2D eigenvalue weighted by Gasteiger charge is -2.08. The number of carbonyl (C=O) groups excluding carboxylic acids is 1. The summed E-state index contributed by atoms with van der Waals surface area (Å²) in [6.07, 6.45) is 0.669. The number of ether oxygens (including phenoxy) is 2. The fourth-order valence-electron chi connectivity index (χ4n) is 3.36. The van der Waals surface area contributed by atoms with Crippen molar-refractivity contribution in [3.63, 3.8) is 0 Å². The smallest absolute Gasteiger partial charge is 0.302 e. The van der Waals surface area contributed by atoms with Gasteiger partial charge in [-0.25, -0.2) is 0 Å². The molecule has 0 atom stereocenters. The van der Waals surface area contributed by atoms with E-state index in [1.165, 1.54) is 0 Å². The Morgan fingerprint density at radius 2 is 1.67 bits per heavy atom. The molecule has 0 aliphatic heterocycles. The van der Waals surface area contributed by atoms with Crippen molar-refractivity contribution in [3.05, 3.63) is 83.9 Å². The molecule has 0 spiro atoms. The Labute approximate surface area is 195 Å². The highest BCUT2D eigenvalue weighted by molar-refractivity contribution is 6.32. The van der Waals surface area contributed by atoms with Crippen LogP contribution in [0.1, 0.15) is 6.42 Å². The number of aromatic hydroxyl groups is 1. The molecular formula is C25H22ClN3O4. The number of halogens is 1. The Kier molecular flexibility index (Phi) is 7.22. The summed E-state index contributed by atoms with van der Waals surface area (Å²) in [7, 11) is 0. The van der Waals surface area contributed by atoms with Gasteiger partial charge in [-0.15, -0.1) is 10.2 Å². The van der Waals surface area contributed by atoms with E-state index >= 15 is 0 Å². The van der Waals surface area contributed by atoms with E-state index in [0.29, 0.717) is 35.7 Å². The monoisotopic (exact) mass is 463 g/mol. The normalized spacial score (nSPS) is 11.2. The molecule has 0 saturated heterocycles. The number of benzene rings is 3. The molecule has 0 aliphatic rings. The van der Waals surface area contributed by atoms with Crippen molar-refractivity contribution >= 4 is 34.1 Å². The van der Waals surface area contributed by atoms with Crippen LogP contribution >= 0.6 is 11.6 Å². The summed E-state index contributed by atoms with van der Waals surface area (Å²) in [5.74, 6) is 0.535. The van der Waals surface area contributed by atoms with Gasteiger partial charge in [-0.05, 0) is 36.8 Å². The fraction of sp³-hybridized carbons (Fsp3) is 0.160. The van der Waals surface area contributed by atoms with Gasteiger partial charge in [-0.2, -0.15) is 0 Å². The van der Waals surface area contributed by atoms with Crippen LogP contribution < -0.4 is 9.47 Å². The van der Waals surface area contributed by atoms with Crippen molar-refractivity contribution in [3.8, 4) is 17.4 Å². The minimum Gasteiger partial charge on any atom is -0.494 e. The van der Waals surface area contributed by atoms with Crippen molar-refractivity contribution in [2.24, 2.45) is 10.2 Å². The first-order valence-corrected chi connectivity index (χ1v) is 10.8. The molecule has 4 aromatic rings. The lowest BCUT2D eigenvalue weighted by molar-refractivity contribution is -0.120. The van der Waals surface area contributed by atoms with Gasteiger partial charge < -0.3 is 19.1 Å². The molecule has 0 radical (unpaired) electrons. The number of aryl methyl sites for hydroxylation is 1. The average molecular weight is 464 g/mol. The third-order valence-corrected chi connectivity index (χ3v) is 5.22. The number of hydrogen-bond acceptors (Lipinski definition) is 5. The molecule has 33 heavy (non-hydrogen) atoms. The van der Waals surface area contributed by atoms with Gasteiger partial charge in [0.2, 0.25) is 5.88 Å². The first kappa shape index (κ1) is 22.4. The molecule has 1 amide bonds. The number of nitrogens with zero attached hydrogens (tertiary/aromatic N) is 3. The predicted octanol–water partition coefficient (Wildman–Crippen LogP) is 6.16. The Balaban J connectivity index is 1.43. The van der Waals surface area contributed by atoms with Crippen LogP contribution in [-0.2, 0) is 11.3 Å². The van der Waals surface area contributed by atoms with E-state index in [2.05, 4.69) is 10.2 Å². The van der Waals surface area contributed by atoms with Gasteiger partial charge in [0.15, 0.2) is 12.3 Å². The van der Waals surface area contributed by atoms with E-state index in [1.54, 1.807) is 28.8 Å². The van der Waals surface area contributed by atoms with Gasteiger partial charge in [0, 0.05) is 11.9 Å². The van der Waals surface area contributed by atoms with Crippen molar-refractivity contribution in [2.75, 3.05) is 13.2 Å². The van der Waals surface area contributed by atoms with Gasteiger partial charge in [0.05, 0.1) is 17.1 Å². The zero-order valence-electron chi connectivity index (χ0n) is 17.7. The van der Waals surface area contributed by atoms with Gasteiger partial charge in [-0.3, -0.25) is 4.79 Å². The van der Waals surface area contributed by atoms with Crippen LogP contribution in [-0.4, -0.2) is 28.8 Å². The summed E-state index contributed by atoms with van der Waals surface area (Å²) < 4.78 is 12.9. The second-order valence-electron chi connectivity index (χ2n) is 7.17. The average Bonchev–Trinajstić information content (AvgIpc) is 3.11. The zero-order chi connectivity index (χ0) is 23.0. The highest BCUT2D eigenvalue weighted by Crippen LogP contribution is 2.39. The third kappa shape index (κ3) is 5.51. The molecule has 7 nitrogen and oxygen atoms in total. The molecule has 168 valence electrons. The number of amides is 1. The quantitative estimate of drug-likeness (QED) is 0.238. The van der Waals surface area contributed by atoms with Crippen LogP contribution in [0.3, 0.4) is 0 Å². The molecule has 8 heteroatoms. The predicted molar refractivity (Wildman–Crippen MR) is 127 cm³/mol. The second-order valence-corrected chi connectivity index (χ2v) is 7.58. The first-order valence-electron chi connectivity index (χ1n) is 10.4. The molecule has 0 saturated carbocycles.